The fraction of sp³-hybridized carbons (Fsp3) is 0.182. The van der Waals surface area contributed by atoms with Gasteiger partial charge in [-0.25, -0.2) is 9.37 Å². The highest BCUT2D eigenvalue weighted by atomic mass is 35.5. The first kappa shape index (κ1) is 11.7. The third-order valence-electron chi connectivity index (χ3n) is 2.43. The van der Waals surface area contributed by atoms with E-state index in [1.807, 2.05) is 0 Å². The summed E-state index contributed by atoms with van der Waals surface area (Å²) in [6, 6.07) is 4.10. The van der Waals surface area contributed by atoms with E-state index in [4.69, 9.17) is 16.7 Å². The molecule has 2 aromatic rings. The van der Waals surface area contributed by atoms with Gasteiger partial charge in [0.05, 0.1) is 12.7 Å². The fourth-order valence-electron chi connectivity index (χ4n) is 1.39. The minimum absolute atomic E-state index is 0.365. The van der Waals surface area contributed by atoms with Crippen LogP contribution in [-0.2, 0) is 13.6 Å². The first-order valence-electron chi connectivity index (χ1n) is 4.96. The lowest BCUT2D eigenvalue weighted by molar-refractivity contribution is 0.432. The van der Waals surface area contributed by atoms with E-state index in [0.717, 1.165) is 5.82 Å². The number of halogens is 2. The van der Waals surface area contributed by atoms with E-state index >= 15 is 0 Å². The summed E-state index contributed by atoms with van der Waals surface area (Å²) < 4.78 is 14.8. The third kappa shape index (κ3) is 2.50. The SMILES string of the molecule is Cn1c(Cl)cnc1CNc1ccc(O)c(F)c1. The Balaban J connectivity index is 2.07. The molecule has 0 unspecified atom stereocenters. The van der Waals surface area contributed by atoms with Gasteiger partial charge in [-0.05, 0) is 12.1 Å². The quantitative estimate of drug-likeness (QED) is 0.829. The van der Waals surface area contributed by atoms with Crippen molar-refractivity contribution in [1.82, 2.24) is 9.55 Å². The number of phenols is 1. The van der Waals surface area contributed by atoms with E-state index in [1.165, 1.54) is 12.1 Å². The molecule has 17 heavy (non-hydrogen) atoms. The lowest BCUT2D eigenvalue weighted by atomic mass is 10.3. The topological polar surface area (TPSA) is 50.1 Å². The second-order valence-corrected chi connectivity index (χ2v) is 3.96. The molecule has 0 spiro atoms. The summed E-state index contributed by atoms with van der Waals surface area (Å²) in [6.45, 7) is 0.424. The Morgan fingerprint density at radius 1 is 1.53 bits per heavy atom. The van der Waals surface area contributed by atoms with Gasteiger partial charge in [-0.3, -0.25) is 0 Å². The van der Waals surface area contributed by atoms with Gasteiger partial charge in [0.25, 0.3) is 0 Å². The van der Waals surface area contributed by atoms with Crippen LogP contribution in [0.15, 0.2) is 24.4 Å². The van der Waals surface area contributed by atoms with Gasteiger partial charge in [-0.1, -0.05) is 11.6 Å². The van der Waals surface area contributed by atoms with E-state index in [0.29, 0.717) is 17.4 Å². The third-order valence-corrected chi connectivity index (χ3v) is 2.78. The highest BCUT2D eigenvalue weighted by Crippen LogP contribution is 2.20. The predicted molar refractivity (Wildman–Crippen MR) is 63.6 cm³/mol. The Kier molecular flexibility index (Phi) is 3.19. The zero-order valence-corrected chi connectivity index (χ0v) is 9.87. The standard InChI is InChI=1S/C11H11ClFN3O/c1-16-10(12)5-15-11(16)6-14-7-2-3-9(17)8(13)4-7/h2-5,14,17H,6H2,1H3. The second kappa shape index (κ2) is 4.63. The molecule has 6 heteroatoms. The molecule has 0 atom stereocenters. The zero-order chi connectivity index (χ0) is 12.4. The van der Waals surface area contributed by atoms with Crippen molar-refractivity contribution < 1.29 is 9.50 Å². The average molecular weight is 256 g/mol. The maximum absolute atomic E-state index is 13.1. The van der Waals surface area contributed by atoms with Crippen molar-refractivity contribution in [2.75, 3.05) is 5.32 Å². The highest BCUT2D eigenvalue weighted by molar-refractivity contribution is 6.29. The van der Waals surface area contributed by atoms with Crippen LogP contribution in [0, 0.1) is 5.82 Å². The van der Waals surface area contributed by atoms with Gasteiger partial charge in [-0.15, -0.1) is 0 Å². The van der Waals surface area contributed by atoms with Gasteiger partial charge >= 0.3 is 0 Å². The first-order chi connectivity index (χ1) is 8.08. The second-order valence-electron chi connectivity index (χ2n) is 3.58. The van der Waals surface area contributed by atoms with E-state index in [9.17, 15) is 4.39 Å². The molecule has 0 amide bonds. The Hall–Kier alpha value is -1.75. The summed E-state index contributed by atoms with van der Waals surface area (Å²) in [5.74, 6) is -0.285. The van der Waals surface area contributed by atoms with Crippen LogP contribution in [0.25, 0.3) is 0 Å². The molecule has 1 aromatic heterocycles. The molecule has 0 aliphatic rings. The van der Waals surface area contributed by atoms with Crippen LogP contribution in [0.4, 0.5) is 10.1 Å². The maximum Gasteiger partial charge on any atom is 0.166 e. The zero-order valence-electron chi connectivity index (χ0n) is 9.11. The molecule has 0 bridgehead atoms. The Morgan fingerprint density at radius 3 is 2.88 bits per heavy atom. The molecule has 90 valence electrons. The number of anilines is 1. The molecular weight excluding hydrogens is 245 g/mol. The number of nitrogens with one attached hydrogen (secondary N) is 1. The van der Waals surface area contributed by atoms with Crippen LogP contribution in [0.3, 0.4) is 0 Å². The molecule has 2 N–H and O–H groups in total. The predicted octanol–water partition coefficient (Wildman–Crippen LogP) is 2.53. The number of aromatic hydroxyl groups is 1. The van der Waals surface area contributed by atoms with Crippen molar-refractivity contribution in [3.8, 4) is 5.75 Å². The average Bonchev–Trinajstić information content (AvgIpc) is 2.62. The van der Waals surface area contributed by atoms with Gasteiger partial charge in [-0.2, -0.15) is 0 Å². The van der Waals surface area contributed by atoms with Gasteiger partial charge in [0.2, 0.25) is 0 Å². The number of phenolic OH excluding ortho intramolecular Hbond substituents is 1. The van der Waals surface area contributed by atoms with Crippen molar-refractivity contribution in [2.24, 2.45) is 7.05 Å². The van der Waals surface area contributed by atoms with Crippen LogP contribution in [0.5, 0.6) is 5.75 Å². The van der Waals surface area contributed by atoms with Gasteiger partial charge < -0.3 is 15.0 Å². The Bertz CT molecular complexity index is 542. The van der Waals surface area contributed by atoms with Crippen molar-refractivity contribution >= 4 is 17.3 Å². The minimum atomic E-state index is -0.659. The molecule has 0 saturated heterocycles. The van der Waals surface area contributed by atoms with Crippen LogP contribution in [0.2, 0.25) is 5.15 Å². The molecule has 0 fully saturated rings. The molecule has 0 radical (unpaired) electrons. The molecule has 0 saturated carbocycles. The van der Waals surface area contributed by atoms with Crippen LogP contribution in [0.1, 0.15) is 5.82 Å². The van der Waals surface area contributed by atoms with Gasteiger partial charge in [0, 0.05) is 18.8 Å². The van der Waals surface area contributed by atoms with Gasteiger partial charge in [0.15, 0.2) is 11.6 Å². The number of imidazole rings is 1. The molecule has 2 rings (SSSR count). The summed E-state index contributed by atoms with van der Waals surface area (Å²) in [6.07, 6.45) is 1.55. The lowest BCUT2D eigenvalue weighted by Gasteiger charge is -2.07. The minimum Gasteiger partial charge on any atom is -0.505 e. The largest absolute Gasteiger partial charge is 0.505 e. The van der Waals surface area contributed by atoms with Crippen LogP contribution >= 0.6 is 11.6 Å². The highest BCUT2D eigenvalue weighted by Gasteiger charge is 2.05. The summed E-state index contributed by atoms with van der Waals surface area (Å²) in [4.78, 5) is 4.10. The molecule has 1 heterocycles. The number of aromatic nitrogens is 2. The molecular formula is C11H11ClFN3O. The smallest absolute Gasteiger partial charge is 0.166 e. The maximum atomic E-state index is 13.1. The number of nitrogens with zero attached hydrogens (tertiary/aromatic N) is 2. The number of rotatable bonds is 3. The molecule has 4 nitrogen and oxygen atoms in total. The summed E-state index contributed by atoms with van der Waals surface area (Å²) >= 11 is 5.84. The number of hydrogen-bond acceptors (Lipinski definition) is 3. The van der Waals surface area contributed by atoms with E-state index in [1.54, 1.807) is 23.9 Å². The van der Waals surface area contributed by atoms with Crippen molar-refractivity contribution in [3.63, 3.8) is 0 Å². The summed E-state index contributed by atoms with van der Waals surface area (Å²) in [5, 5.41) is 12.6. The van der Waals surface area contributed by atoms with E-state index in [2.05, 4.69) is 10.3 Å². The Morgan fingerprint density at radius 2 is 2.29 bits per heavy atom. The molecule has 1 aromatic carbocycles. The van der Waals surface area contributed by atoms with Crippen molar-refractivity contribution in [1.29, 1.82) is 0 Å². The van der Waals surface area contributed by atoms with Gasteiger partial charge in [0.1, 0.15) is 11.0 Å². The number of benzene rings is 1. The van der Waals surface area contributed by atoms with Crippen LogP contribution in [-0.4, -0.2) is 14.7 Å². The Labute approximate surface area is 103 Å². The summed E-state index contributed by atoms with van der Waals surface area (Å²) in [7, 11) is 1.80. The van der Waals surface area contributed by atoms with Crippen molar-refractivity contribution in [2.45, 2.75) is 6.54 Å². The monoisotopic (exact) mass is 255 g/mol. The molecule has 0 aliphatic carbocycles. The fourth-order valence-corrected chi connectivity index (χ4v) is 1.53. The number of hydrogen-bond donors (Lipinski definition) is 2. The van der Waals surface area contributed by atoms with E-state index in [-0.39, 0.29) is 5.75 Å². The first-order valence-corrected chi connectivity index (χ1v) is 5.34. The van der Waals surface area contributed by atoms with E-state index < -0.39 is 5.82 Å². The normalized spacial score (nSPS) is 10.5. The summed E-state index contributed by atoms with van der Waals surface area (Å²) in [5.41, 5.74) is 0.569. The van der Waals surface area contributed by atoms with Crippen molar-refractivity contribution in [3.05, 3.63) is 41.2 Å². The lowest BCUT2D eigenvalue weighted by Crippen LogP contribution is -2.06. The van der Waals surface area contributed by atoms with Crippen LogP contribution < -0.4 is 5.32 Å². The molecule has 0 aliphatic heterocycles.